The molecular weight excluding hydrogens is 100 g/mol. The molecule has 0 aromatic heterocycles. The van der Waals surface area contributed by atoms with Gasteiger partial charge in [0.25, 0.3) is 0 Å². The van der Waals surface area contributed by atoms with Crippen molar-refractivity contribution < 1.29 is 5.11 Å². The second-order valence-electron chi connectivity index (χ2n) is 1.60. The molecule has 1 heteroatoms. The Hall–Kier alpha value is -0.560. The molecule has 0 radical (unpaired) electrons. The first-order valence-electron chi connectivity index (χ1n) is 2.78. The number of hydrogen-bond donors (Lipinski definition) is 1. The van der Waals surface area contributed by atoms with Gasteiger partial charge in [0.05, 0.1) is 6.10 Å². The summed E-state index contributed by atoms with van der Waals surface area (Å²) in [5.74, 6) is 0. The predicted octanol–water partition coefficient (Wildman–Crippen LogP) is 1.50. The van der Waals surface area contributed by atoms with Gasteiger partial charge in [-0.2, -0.15) is 0 Å². The average Bonchev–Trinajstić information content (AvgIpc) is 1.83. The van der Waals surface area contributed by atoms with Gasteiger partial charge in [-0.3, -0.25) is 0 Å². The summed E-state index contributed by atoms with van der Waals surface area (Å²) in [6.07, 6.45) is 5.58. The number of hydrogen-bond acceptors (Lipinski definition) is 1. The van der Waals surface area contributed by atoms with Crippen LogP contribution in [0.4, 0.5) is 0 Å². The van der Waals surface area contributed by atoms with Gasteiger partial charge in [0, 0.05) is 0 Å². The van der Waals surface area contributed by atoms with Crippen molar-refractivity contribution in [2.45, 2.75) is 19.4 Å². The fraction of sp³-hybridized carbons (Fsp3) is 0.429. The van der Waals surface area contributed by atoms with Gasteiger partial charge in [0.15, 0.2) is 0 Å². The monoisotopic (exact) mass is 112 g/mol. The Bertz CT molecular complexity index is 84.4. The molecule has 1 unspecified atom stereocenters. The summed E-state index contributed by atoms with van der Waals surface area (Å²) >= 11 is 0. The highest BCUT2D eigenvalue weighted by atomic mass is 16.3. The second-order valence-corrected chi connectivity index (χ2v) is 1.60. The zero-order chi connectivity index (χ0) is 6.41. The highest BCUT2D eigenvalue weighted by molar-refractivity contribution is 4.99. The van der Waals surface area contributed by atoms with Crippen LogP contribution in [0.15, 0.2) is 24.8 Å². The molecule has 0 bridgehead atoms. The number of rotatable bonds is 3. The van der Waals surface area contributed by atoms with Gasteiger partial charge in [0.2, 0.25) is 0 Å². The number of allylic oxidation sites excluding steroid dienone is 2. The van der Waals surface area contributed by atoms with Crippen LogP contribution in [0.5, 0.6) is 0 Å². The van der Waals surface area contributed by atoms with E-state index in [-0.39, 0.29) is 6.10 Å². The molecule has 1 N–H and O–H groups in total. The Balaban J connectivity index is 3.35. The summed E-state index contributed by atoms with van der Waals surface area (Å²) in [5.41, 5.74) is 0. The van der Waals surface area contributed by atoms with Crippen molar-refractivity contribution in [3.63, 3.8) is 0 Å². The molecule has 0 spiro atoms. The first-order chi connectivity index (χ1) is 3.81. The van der Waals surface area contributed by atoms with Crippen LogP contribution in [0.2, 0.25) is 0 Å². The fourth-order valence-corrected chi connectivity index (χ4v) is 0.343. The lowest BCUT2D eigenvalue weighted by Gasteiger charge is -1.95. The number of aliphatic hydroxyl groups excluding tert-OH is 1. The Morgan fingerprint density at radius 1 is 1.75 bits per heavy atom. The normalized spacial score (nSPS) is 14.2. The summed E-state index contributed by atoms with van der Waals surface area (Å²) in [5, 5.41) is 8.85. The molecule has 8 heavy (non-hydrogen) atoms. The average molecular weight is 112 g/mol. The summed E-state index contributed by atoms with van der Waals surface area (Å²) in [6, 6.07) is 0. The predicted molar refractivity (Wildman–Crippen MR) is 35.6 cm³/mol. The quantitative estimate of drug-likeness (QED) is 0.548. The van der Waals surface area contributed by atoms with Gasteiger partial charge in [0.1, 0.15) is 0 Å². The second kappa shape index (κ2) is 4.60. The van der Waals surface area contributed by atoms with Crippen LogP contribution in [0.25, 0.3) is 0 Å². The van der Waals surface area contributed by atoms with E-state index in [1.807, 2.05) is 6.92 Å². The van der Waals surface area contributed by atoms with Crippen LogP contribution in [0.1, 0.15) is 13.3 Å². The fourth-order valence-electron chi connectivity index (χ4n) is 0.343. The topological polar surface area (TPSA) is 20.2 Å². The third kappa shape index (κ3) is 3.62. The van der Waals surface area contributed by atoms with E-state index in [9.17, 15) is 0 Å². The minimum Gasteiger partial charge on any atom is -0.389 e. The van der Waals surface area contributed by atoms with Crippen molar-refractivity contribution in [2.24, 2.45) is 0 Å². The molecule has 0 saturated carbocycles. The highest BCUT2D eigenvalue weighted by Crippen LogP contribution is 1.90. The molecule has 0 aromatic rings. The van der Waals surface area contributed by atoms with Crippen molar-refractivity contribution in [1.82, 2.24) is 0 Å². The molecule has 0 aliphatic rings. The highest BCUT2D eigenvalue weighted by Gasteiger charge is 1.88. The van der Waals surface area contributed by atoms with Crippen LogP contribution >= 0.6 is 0 Å². The zero-order valence-corrected chi connectivity index (χ0v) is 5.17. The minimum atomic E-state index is -0.298. The van der Waals surface area contributed by atoms with Crippen LogP contribution in [0, 0.1) is 0 Å². The van der Waals surface area contributed by atoms with Gasteiger partial charge >= 0.3 is 0 Å². The van der Waals surface area contributed by atoms with Gasteiger partial charge in [-0.1, -0.05) is 31.7 Å². The Kier molecular flexibility index (Phi) is 4.27. The first-order valence-corrected chi connectivity index (χ1v) is 2.78. The molecule has 0 saturated heterocycles. The summed E-state index contributed by atoms with van der Waals surface area (Å²) in [4.78, 5) is 0. The van der Waals surface area contributed by atoms with Crippen LogP contribution in [-0.4, -0.2) is 11.2 Å². The Morgan fingerprint density at radius 3 is 2.75 bits per heavy atom. The summed E-state index contributed by atoms with van der Waals surface area (Å²) in [6.45, 7) is 5.40. The molecule has 0 amide bonds. The van der Waals surface area contributed by atoms with Crippen LogP contribution in [-0.2, 0) is 0 Å². The molecular formula is C7H12O. The lowest BCUT2D eigenvalue weighted by atomic mass is 10.2. The zero-order valence-electron chi connectivity index (χ0n) is 5.17. The molecule has 0 aliphatic carbocycles. The maximum atomic E-state index is 8.85. The minimum absolute atomic E-state index is 0.298. The van der Waals surface area contributed by atoms with E-state index in [2.05, 4.69) is 6.58 Å². The molecule has 0 fully saturated rings. The Morgan fingerprint density at radius 2 is 2.38 bits per heavy atom. The largest absolute Gasteiger partial charge is 0.389 e. The summed E-state index contributed by atoms with van der Waals surface area (Å²) < 4.78 is 0. The molecule has 0 heterocycles. The number of aliphatic hydroxyl groups is 1. The van der Waals surface area contributed by atoms with Gasteiger partial charge in [-0.25, -0.2) is 0 Å². The lowest BCUT2D eigenvalue weighted by molar-refractivity contribution is 0.219. The molecule has 1 nitrogen and oxygen atoms in total. The smallest absolute Gasteiger partial charge is 0.0721 e. The van der Waals surface area contributed by atoms with E-state index in [0.717, 1.165) is 6.42 Å². The first kappa shape index (κ1) is 7.44. The van der Waals surface area contributed by atoms with E-state index in [1.165, 1.54) is 0 Å². The molecule has 0 rings (SSSR count). The SMILES string of the molecule is C=CC=CC(O)CC. The summed E-state index contributed by atoms with van der Waals surface area (Å²) in [7, 11) is 0. The van der Waals surface area contributed by atoms with Gasteiger partial charge in [-0.15, -0.1) is 0 Å². The lowest BCUT2D eigenvalue weighted by Crippen LogP contribution is -1.97. The third-order valence-electron chi connectivity index (χ3n) is 0.888. The van der Waals surface area contributed by atoms with Crippen molar-refractivity contribution in [3.05, 3.63) is 24.8 Å². The van der Waals surface area contributed by atoms with Crippen LogP contribution in [0.3, 0.4) is 0 Å². The van der Waals surface area contributed by atoms with Crippen molar-refractivity contribution in [2.75, 3.05) is 0 Å². The van der Waals surface area contributed by atoms with Gasteiger partial charge < -0.3 is 5.11 Å². The standard InChI is InChI=1S/C7H12O/c1-3-5-6-7(8)4-2/h3,5-8H,1,4H2,2H3. The molecule has 0 aliphatic heterocycles. The maximum absolute atomic E-state index is 8.85. The maximum Gasteiger partial charge on any atom is 0.0721 e. The van der Waals surface area contributed by atoms with Crippen molar-refractivity contribution >= 4 is 0 Å². The van der Waals surface area contributed by atoms with Crippen molar-refractivity contribution in [3.8, 4) is 0 Å². The molecule has 0 aromatic carbocycles. The van der Waals surface area contributed by atoms with E-state index in [1.54, 1.807) is 18.2 Å². The molecule has 46 valence electrons. The molecule has 1 atom stereocenters. The van der Waals surface area contributed by atoms with E-state index < -0.39 is 0 Å². The van der Waals surface area contributed by atoms with Crippen LogP contribution < -0.4 is 0 Å². The Labute approximate surface area is 50.3 Å². The van der Waals surface area contributed by atoms with Gasteiger partial charge in [-0.05, 0) is 6.42 Å². The van der Waals surface area contributed by atoms with Crippen molar-refractivity contribution in [1.29, 1.82) is 0 Å². The third-order valence-corrected chi connectivity index (χ3v) is 0.888. The van der Waals surface area contributed by atoms with E-state index in [4.69, 9.17) is 5.11 Å². The van der Waals surface area contributed by atoms with E-state index in [0.29, 0.717) is 0 Å². The van der Waals surface area contributed by atoms with E-state index >= 15 is 0 Å².